The lowest BCUT2D eigenvalue weighted by Crippen LogP contribution is -2.33. The number of esters is 1. The first-order valence-electron chi connectivity index (χ1n) is 10.4. The smallest absolute Gasteiger partial charge is 0.343 e. The molecule has 0 saturated carbocycles. The van der Waals surface area contributed by atoms with Gasteiger partial charge in [0.15, 0.2) is 0 Å². The largest absolute Gasteiger partial charge is 0.482 e. The molecule has 1 aliphatic rings. The van der Waals surface area contributed by atoms with E-state index in [-0.39, 0.29) is 30.1 Å². The van der Waals surface area contributed by atoms with Crippen LogP contribution in [0.1, 0.15) is 35.7 Å². The Morgan fingerprint density at radius 2 is 1.97 bits per heavy atom. The maximum absolute atomic E-state index is 13.5. The molecule has 0 amide bonds. The Hall–Kier alpha value is -2.64. The Balaban J connectivity index is 1.78. The zero-order valence-corrected chi connectivity index (χ0v) is 17.9. The van der Waals surface area contributed by atoms with Crippen molar-refractivity contribution in [2.75, 3.05) is 19.7 Å². The van der Waals surface area contributed by atoms with Crippen LogP contribution in [0.3, 0.4) is 0 Å². The van der Waals surface area contributed by atoms with Gasteiger partial charge in [-0.2, -0.15) is 0 Å². The number of thiophene rings is 1. The Morgan fingerprint density at radius 1 is 1.20 bits per heavy atom. The minimum absolute atomic E-state index is 0.0844. The number of carbonyl (C=O) groups is 1. The zero-order chi connectivity index (χ0) is 20.9. The lowest BCUT2D eigenvalue weighted by molar-refractivity contribution is 0.0523. The normalized spacial score (nSPS) is 14.7. The van der Waals surface area contributed by atoms with E-state index in [9.17, 15) is 9.59 Å². The molecular formula is C23H26N2O4S. The van der Waals surface area contributed by atoms with Crippen molar-refractivity contribution >= 4 is 27.5 Å². The van der Waals surface area contributed by atoms with E-state index in [0.29, 0.717) is 12.5 Å². The SMILES string of the molecule is CCOC(=O)c1c(OCc2ccccc2)c(=O)n(CC2CCNCC2)c2ccsc12. The summed E-state index contributed by atoms with van der Waals surface area (Å²) in [6, 6.07) is 11.5. The molecule has 0 spiro atoms. The van der Waals surface area contributed by atoms with Crippen molar-refractivity contribution in [2.45, 2.75) is 32.9 Å². The van der Waals surface area contributed by atoms with Crippen LogP contribution in [0.25, 0.3) is 10.2 Å². The number of hydrogen-bond donors (Lipinski definition) is 1. The monoisotopic (exact) mass is 426 g/mol. The Bertz CT molecular complexity index is 1070. The van der Waals surface area contributed by atoms with Gasteiger partial charge in [-0.25, -0.2) is 4.79 Å². The number of nitrogens with one attached hydrogen (secondary N) is 1. The predicted octanol–water partition coefficient (Wildman–Crippen LogP) is 3.82. The molecule has 0 unspecified atom stereocenters. The highest BCUT2D eigenvalue weighted by Crippen LogP contribution is 2.31. The van der Waals surface area contributed by atoms with Gasteiger partial charge >= 0.3 is 5.97 Å². The number of pyridine rings is 1. The van der Waals surface area contributed by atoms with Crippen LogP contribution in [-0.2, 0) is 17.9 Å². The second-order valence-electron chi connectivity index (χ2n) is 7.44. The Morgan fingerprint density at radius 3 is 2.70 bits per heavy atom. The second-order valence-corrected chi connectivity index (χ2v) is 8.36. The number of aromatic nitrogens is 1. The summed E-state index contributed by atoms with van der Waals surface area (Å²) >= 11 is 1.44. The number of benzene rings is 1. The van der Waals surface area contributed by atoms with Gasteiger partial charge in [-0.1, -0.05) is 30.3 Å². The number of nitrogens with zero attached hydrogens (tertiary/aromatic N) is 1. The summed E-state index contributed by atoms with van der Waals surface area (Å²) in [5.74, 6) is -0.0113. The van der Waals surface area contributed by atoms with Crippen LogP contribution in [0.4, 0.5) is 0 Å². The van der Waals surface area contributed by atoms with E-state index in [1.54, 1.807) is 11.5 Å². The molecule has 3 aromatic rings. The molecule has 158 valence electrons. The van der Waals surface area contributed by atoms with Gasteiger partial charge in [-0.05, 0) is 55.8 Å². The molecule has 0 atom stereocenters. The number of ether oxygens (including phenoxy) is 2. The maximum atomic E-state index is 13.5. The number of fused-ring (bicyclic) bond motifs is 1. The van der Waals surface area contributed by atoms with Gasteiger partial charge in [0.1, 0.15) is 12.2 Å². The molecule has 1 saturated heterocycles. The van der Waals surface area contributed by atoms with Crippen molar-refractivity contribution < 1.29 is 14.3 Å². The summed E-state index contributed by atoms with van der Waals surface area (Å²) in [6.07, 6.45) is 2.05. The highest BCUT2D eigenvalue weighted by molar-refractivity contribution is 7.17. The van der Waals surface area contributed by atoms with Crippen LogP contribution in [0.5, 0.6) is 5.75 Å². The molecular weight excluding hydrogens is 400 g/mol. The minimum Gasteiger partial charge on any atom is -0.482 e. The molecule has 1 aromatic carbocycles. The first-order valence-corrected chi connectivity index (χ1v) is 11.3. The number of hydrogen-bond acceptors (Lipinski definition) is 6. The summed E-state index contributed by atoms with van der Waals surface area (Å²) in [7, 11) is 0. The third-order valence-corrected chi connectivity index (χ3v) is 6.35. The van der Waals surface area contributed by atoms with Crippen molar-refractivity contribution in [1.82, 2.24) is 9.88 Å². The summed E-state index contributed by atoms with van der Waals surface area (Å²) in [5.41, 5.74) is 1.68. The molecule has 7 heteroatoms. The lowest BCUT2D eigenvalue weighted by atomic mass is 9.98. The predicted molar refractivity (Wildman–Crippen MR) is 118 cm³/mol. The average Bonchev–Trinajstić information content (AvgIpc) is 3.25. The highest BCUT2D eigenvalue weighted by Gasteiger charge is 2.27. The molecule has 1 aliphatic heterocycles. The van der Waals surface area contributed by atoms with Gasteiger partial charge < -0.3 is 19.4 Å². The standard InChI is InChI=1S/C23H26N2O4S/c1-2-28-23(27)19-20(29-15-17-6-4-3-5-7-17)22(26)25(18-10-13-30-21(18)19)14-16-8-11-24-12-9-16/h3-7,10,13,16,24H,2,8-9,11-12,14-15H2,1H3. The molecule has 1 N–H and O–H groups in total. The fourth-order valence-electron chi connectivity index (χ4n) is 3.90. The van der Waals surface area contributed by atoms with Crippen molar-refractivity contribution in [3.63, 3.8) is 0 Å². The molecule has 0 aliphatic carbocycles. The second kappa shape index (κ2) is 9.45. The van der Waals surface area contributed by atoms with E-state index in [4.69, 9.17) is 9.47 Å². The van der Waals surface area contributed by atoms with Gasteiger partial charge in [0.25, 0.3) is 5.56 Å². The van der Waals surface area contributed by atoms with Crippen molar-refractivity contribution in [3.05, 3.63) is 63.3 Å². The van der Waals surface area contributed by atoms with Gasteiger partial charge in [0.05, 0.1) is 16.8 Å². The first-order chi connectivity index (χ1) is 14.7. The number of piperidine rings is 1. The summed E-state index contributed by atoms with van der Waals surface area (Å²) < 4.78 is 13.8. The molecule has 0 radical (unpaired) electrons. The van der Waals surface area contributed by atoms with E-state index in [2.05, 4.69) is 5.32 Å². The molecule has 30 heavy (non-hydrogen) atoms. The third-order valence-electron chi connectivity index (χ3n) is 5.43. The summed E-state index contributed by atoms with van der Waals surface area (Å²) in [6.45, 7) is 4.76. The molecule has 4 rings (SSSR count). The minimum atomic E-state index is -0.515. The van der Waals surface area contributed by atoms with Crippen LogP contribution in [0.15, 0.2) is 46.6 Å². The molecule has 1 fully saturated rings. The van der Waals surface area contributed by atoms with Gasteiger partial charge in [0, 0.05) is 6.54 Å². The molecule has 2 aromatic heterocycles. The van der Waals surface area contributed by atoms with E-state index in [0.717, 1.165) is 41.7 Å². The molecule has 3 heterocycles. The highest BCUT2D eigenvalue weighted by atomic mass is 32.1. The first kappa shape index (κ1) is 20.6. The van der Waals surface area contributed by atoms with E-state index in [1.165, 1.54) is 11.3 Å². The van der Waals surface area contributed by atoms with Crippen molar-refractivity contribution in [2.24, 2.45) is 5.92 Å². The Labute approximate surface area is 179 Å². The van der Waals surface area contributed by atoms with Crippen LogP contribution in [0, 0.1) is 5.92 Å². The van der Waals surface area contributed by atoms with Crippen LogP contribution >= 0.6 is 11.3 Å². The average molecular weight is 427 g/mol. The van der Waals surface area contributed by atoms with Gasteiger partial charge in [-0.3, -0.25) is 4.79 Å². The van der Waals surface area contributed by atoms with Gasteiger partial charge in [0.2, 0.25) is 5.75 Å². The lowest BCUT2D eigenvalue weighted by Gasteiger charge is -2.24. The number of carbonyl (C=O) groups excluding carboxylic acids is 1. The topological polar surface area (TPSA) is 69.6 Å². The summed E-state index contributed by atoms with van der Waals surface area (Å²) in [4.78, 5) is 26.3. The van der Waals surface area contributed by atoms with Crippen LogP contribution < -0.4 is 15.6 Å². The van der Waals surface area contributed by atoms with Crippen LogP contribution in [-0.4, -0.2) is 30.2 Å². The zero-order valence-electron chi connectivity index (χ0n) is 17.1. The van der Waals surface area contributed by atoms with E-state index >= 15 is 0 Å². The molecule has 6 nitrogen and oxygen atoms in total. The fraction of sp³-hybridized carbons (Fsp3) is 0.391. The van der Waals surface area contributed by atoms with Gasteiger partial charge in [-0.15, -0.1) is 11.3 Å². The Kier molecular flexibility index (Phi) is 6.50. The number of rotatable bonds is 7. The molecule has 0 bridgehead atoms. The fourth-order valence-corrected chi connectivity index (χ4v) is 4.83. The van der Waals surface area contributed by atoms with E-state index < -0.39 is 5.97 Å². The van der Waals surface area contributed by atoms with Crippen molar-refractivity contribution in [3.8, 4) is 5.75 Å². The van der Waals surface area contributed by atoms with E-state index in [1.807, 2.05) is 41.8 Å². The van der Waals surface area contributed by atoms with Crippen LogP contribution in [0.2, 0.25) is 0 Å². The summed E-state index contributed by atoms with van der Waals surface area (Å²) in [5, 5.41) is 5.27. The maximum Gasteiger partial charge on any atom is 0.343 e. The van der Waals surface area contributed by atoms with Crippen molar-refractivity contribution in [1.29, 1.82) is 0 Å². The third kappa shape index (κ3) is 4.27. The quantitative estimate of drug-likeness (QED) is 0.582.